The van der Waals surface area contributed by atoms with Crippen LogP contribution in [0.3, 0.4) is 0 Å². The second kappa shape index (κ2) is 9.57. The number of rotatable bonds is 4. The maximum Gasteiger partial charge on any atom is 0.417 e. The molecule has 0 saturated carbocycles. The van der Waals surface area contributed by atoms with E-state index in [0.717, 1.165) is 35.6 Å². The molecule has 1 fully saturated rings. The minimum atomic E-state index is -4.40. The normalized spacial score (nSPS) is 20.9. The van der Waals surface area contributed by atoms with Crippen molar-refractivity contribution in [3.05, 3.63) is 71.7 Å². The Hall–Kier alpha value is -3.40. The highest BCUT2D eigenvalue weighted by Crippen LogP contribution is 2.30. The average molecular weight is 499 g/mol. The van der Waals surface area contributed by atoms with Gasteiger partial charge in [0.05, 0.1) is 23.5 Å². The number of nitrogens with zero attached hydrogens (tertiary/aromatic N) is 6. The lowest BCUT2D eigenvalue weighted by Crippen LogP contribution is -2.59. The lowest BCUT2D eigenvalue weighted by Gasteiger charge is -2.45. The summed E-state index contributed by atoms with van der Waals surface area (Å²) in [5.41, 5.74) is 2.34. The quantitative estimate of drug-likeness (QED) is 0.548. The minimum Gasteiger partial charge on any atom is -0.354 e. The molecular formula is C26H29F3N6O. The highest BCUT2D eigenvalue weighted by atomic mass is 19.4. The Morgan fingerprint density at radius 1 is 1.06 bits per heavy atom. The largest absolute Gasteiger partial charge is 0.417 e. The lowest BCUT2D eigenvalue weighted by atomic mass is 10.1. The number of pyridine rings is 1. The molecule has 0 spiro atoms. The minimum absolute atomic E-state index is 0.0444. The molecule has 10 heteroatoms. The molecule has 2 aliphatic heterocycles. The molecule has 1 saturated heterocycles. The van der Waals surface area contributed by atoms with Crippen LogP contribution in [0.4, 0.5) is 19.0 Å². The molecule has 190 valence electrons. The van der Waals surface area contributed by atoms with Crippen LogP contribution in [-0.4, -0.2) is 68.7 Å². The molecule has 0 bridgehead atoms. The van der Waals surface area contributed by atoms with E-state index in [1.54, 1.807) is 0 Å². The van der Waals surface area contributed by atoms with E-state index < -0.39 is 11.7 Å². The molecule has 2 atom stereocenters. The van der Waals surface area contributed by atoms with Crippen molar-refractivity contribution in [1.82, 2.24) is 24.6 Å². The Kier molecular flexibility index (Phi) is 6.46. The molecule has 2 aliphatic rings. The van der Waals surface area contributed by atoms with E-state index in [0.29, 0.717) is 38.5 Å². The van der Waals surface area contributed by atoms with Gasteiger partial charge in [-0.2, -0.15) is 18.3 Å². The molecule has 4 heterocycles. The topological polar surface area (TPSA) is 57.5 Å². The summed E-state index contributed by atoms with van der Waals surface area (Å²) >= 11 is 0. The summed E-state index contributed by atoms with van der Waals surface area (Å²) in [6.07, 6.45) is -0.795. The van der Waals surface area contributed by atoms with E-state index in [2.05, 4.69) is 9.88 Å². The summed E-state index contributed by atoms with van der Waals surface area (Å²) < 4.78 is 40.5. The number of alkyl halides is 3. The van der Waals surface area contributed by atoms with Crippen LogP contribution in [0.5, 0.6) is 0 Å². The second-order valence-electron chi connectivity index (χ2n) is 9.62. The smallest absolute Gasteiger partial charge is 0.354 e. The Balaban J connectivity index is 1.21. The third-order valence-corrected chi connectivity index (χ3v) is 7.05. The molecule has 2 aromatic heterocycles. The van der Waals surface area contributed by atoms with Crippen LogP contribution in [0.2, 0.25) is 0 Å². The van der Waals surface area contributed by atoms with Gasteiger partial charge < -0.3 is 9.80 Å². The van der Waals surface area contributed by atoms with Crippen molar-refractivity contribution in [2.75, 3.05) is 31.1 Å². The Morgan fingerprint density at radius 3 is 2.42 bits per heavy atom. The molecule has 7 nitrogen and oxygen atoms in total. The number of amides is 1. The fraction of sp³-hybridized carbons (Fsp3) is 0.423. The highest BCUT2D eigenvalue weighted by molar-refractivity contribution is 5.78. The van der Waals surface area contributed by atoms with Gasteiger partial charge in [-0.1, -0.05) is 18.2 Å². The standard InChI is InChI=1S/C26H29F3N6O/c1-18-13-33(24-9-8-21(12-30-24)26(27,28)29)14-19(2)34(18)17-25(36)32-11-10-23-20(15-32)16-35(31-23)22-6-4-3-5-7-22/h3-9,12,16,18-19H,10-11,13-15,17H2,1-2H3/t18-,19+. The fourth-order valence-corrected chi connectivity index (χ4v) is 5.09. The van der Waals surface area contributed by atoms with E-state index >= 15 is 0 Å². The van der Waals surface area contributed by atoms with Crippen LogP contribution in [0.1, 0.15) is 30.7 Å². The number of benzene rings is 1. The number of piperazine rings is 1. The molecular weight excluding hydrogens is 469 g/mol. The lowest BCUT2D eigenvalue weighted by molar-refractivity contribution is -0.138. The molecule has 5 rings (SSSR count). The van der Waals surface area contributed by atoms with Crippen LogP contribution in [-0.2, 0) is 23.9 Å². The monoisotopic (exact) mass is 498 g/mol. The number of fused-ring (bicyclic) bond motifs is 1. The highest BCUT2D eigenvalue weighted by Gasteiger charge is 2.34. The van der Waals surface area contributed by atoms with Gasteiger partial charge in [-0.25, -0.2) is 9.67 Å². The van der Waals surface area contributed by atoms with Gasteiger partial charge in [0.15, 0.2) is 0 Å². The van der Waals surface area contributed by atoms with Gasteiger partial charge in [-0.05, 0) is 38.1 Å². The number of carbonyl (C=O) groups is 1. The summed E-state index contributed by atoms with van der Waals surface area (Å²) in [4.78, 5) is 23.3. The van der Waals surface area contributed by atoms with Crippen LogP contribution >= 0.6 is 0 Å². The molecule has 3 aromatic rings. The first-order valence-corrected chi connectivity index (χ1v) is 12.1. The molecule has 0 aliphatic carbocycles. The predicted molar refractivity (Wildman–Crippen MR) is 130 cm³/mol. The number of para-hydroxylation sites is 1. The molecule has 0 radical (unpaired) electrons. The zero-order valence-electron chi connectivity index (χ0n) is 20.3. The summed E-state index contributed by atoms with van der Waals surface area (Å²) in [6, 6.07) is 12.5. The zero-order valence-corrected chi connectivity index (χ0v) is 20.3. The maximum absolute atomic E-state index is 13.3. The van der Waals surface area contributed by atoms with E-state index in [1.165, 1.54) is 6.07 Å². The number of hydrogen-bond acceptors (Lipinski definition) is 5. The fourth-order valence-electron chi connectivity index (χ4n) is 5.09. The number of anilines is 1. The van der Waals surface area contributed by atoms with Crippen molar-refractivity contribution in [3.8, 4) is 5.69 Å². The molecule has 0 unspecified atom stereocenters. The van der Waals surface area contributed by atoms with Crippen molar-refractivity contribution in [3.63, 3.8) is 0 Å². The van der Waals surface area contributed by atoms with Crippen molar-refractivity contribution >= 4 is 11.7 Å². The van der Waals surface area contributed by atoms with Gasteiger partial charge in [0.2, 0.25) is 5.91 Å². The summed E-state index contributed by atoms with van der Waals surface area (Å²) in [7, 11) is 0. The summed E-state index contributed by atoms with van der Waals surface area (Å²) in [5, 5.41) is 4.70. The van der Waals surface area contributed by atoms with Crippen molar-refractivity contribution in [1.29, 1.82) is 0 Å². The second-order valence-corrected chi connectivity index (χ2v) is 9.62. The van der Waals surface area contributed by atoms with E-state index in [-0.39, 0.29) is 18.0 Å². The van der Waals surface area contributed by atoms with E-state index in [9.17, 15) is 18.0 Å². The predicted octanol–water partition coefficient (Wildman–Crippen LogP) is 3.77. The van der Waals surface area contributed by atoms with Crippen molar-refractivity contribution < 1.29 is 18.0 Å². The third kappa shape index (κ3) is 4.95. The number of aromatic nitrogens is 3. The molecule has 0 N–H and O–H groups in total. The van der Waals surface area contributed by atoms with Gasteiger partial charge in [0.25, 0.3) is 0 Å². The first kappa shape index (κ1) is 24.3. The molecule has 36 heavy (non-hydrogen) atoms. The van der Waals surface area contributed by atoms with Gasteiger partial charge in [-0.3, -0.25) is 9.69 Å². The summed E-state index contributed by atoms with van der Waals surface area (Å²) in [5.74, 6) is 0.597. The Morgan fingerprint density at radius 2 is 1.78 bits per heavy atom. The first-order valence-electron chi connectivity index (χ1n) is 12.1. The van der Waals surface area contributed by atoms with Crippen LogP contribution in [0.25, 0.3) is 5.69 Å². The van der Waals surface area contributed by atoms with Crippen molar-refractivity contribution in [2.24, 2.45) is 0 Å². The van der Waals surface area contributed by atoms with Crippen molar-refractivity contribution in [2.45, 2.75) is 45.1 Å². The third-order valence-electron chi connectivity index (χ3n) is 7.05. The molecule has 1 aromatic carbocycles. The Bertz CT molecular complexity index is 1200. The van der Waals surface area contributed by atoms with Gasteiger partial charge in [0.1, 0.15) is 5.82 Å². The Labute approximate surface area is 208 Å². The van der Waals surface area contributed by atoms with Crippen LogP contribution in [0, 0.1) is 0 Å². The maximum atomic E-state index is 13.3. The SMILES string of the molecule is C[C@@H]1CN(c2ccc(C(F)(F)F)cn2)C[C@H](C)N1CC(=O)N1CCc2nn(-c3ccccc3)cc2C1. The van der Waals surface area contributed by atoms with Crippen LogP contribution in [0.15, 0.2) is 54.9 Å². The van der Waals surface area contributed by atoms with E-state index in [1.807, 2.05) is 64.9 Å². The van der Waals surface area contributed by atoms with Gasteiger partial charge in [-0.15, -0.1) is 0 Å². The van der Waals surface area contributed by atoms with E-state index in [4.69, 9.17) is 5.10 Å². The van der Waals surface area contributed by atoms with Gasteiger partial charge in [0, 0.05) is 62.6 Å². The molecule has 1 amide bonds. The number of halogens is 3. The van der Waals surface area contributed by atoms with Gasteiger partial charge >= 0.3 is 6.18 Å². The summed E-state index contributed by atoms with van der Waals surface area (Å²) in [6.45, 7) is 6.73. The number of carbonyl (C=O) groups excluding carboxylic acids is 1. The number of hydrogen-bond donors (Lipinski definition) is 0. The average Bonchev–Trinajstić information content (AvgIpc) is 3.30. The first-order chi connectivity index (χ1) is 17.2. The van der Waals surface area contributed by atoms with Crippen LogP contribution < -0.4 is 4.90 Å². The zero-order chi connectivity index (χ0) is 25.4.